The first-order valence-electron chi connectivity index (χ1n) is 5.91. The van der Waals surface area contributed by atoms with Crippen molar-refractivity contribution in [1.29, 1.82) is 0 Å². The summed E-state index contributed by atoms with van der Waals surface area (Å²) in [6, 6.07) is 7.22. The van der Waals surface area contributed by atoms with Crippen LogP contribution in [0.3, 0.4) is 0 Å². The van der Waals surface area contributed by atoms with Crippen molar-refractivity contribution in [3.8, 4) is 0 Å². The molecule has 1 aromatic rings. The third-order valence-electron chi connectivity index (χ3n) is 3.09. The number of carboxylic acid groups (broad SMARTS) is 1. The van der Waals surface area contributed by atoms with Gasteiger partial charge >= 0.3 is 12.0 Å². The number of hydrogen-bond acceptors (Lipinski definition) is 3. The molecule has 1 heterocycles. The number of urea groups is 1. The fraction of sp³-hybridized carbons (Fsp3) is 0.308. The second-order valence-corrected chi connectivity index (χ2v) is 4.40. The summed E-state index contributed by atoms with van der Waals surface area (Å²) >= 11 is 0. The number of aliphatic carboxylic acids is 1. The van der Waals surface area contributed by atoms with Crippen LogP contribution in [-0.2, 0) is 9.59 Å². The molecule has 19 heavy (non-hydrogen) atoms. The molecule has 6 heteroatoms. The Morgan fingerprint density at radius 2 is 2.00 bits per heavy atom. The number of rotatable bonds is 3. The predicted octanol–water partition coefficient (Wildman–Crippen LogP) is 1.14. The molecule has 0 bridgehead atoms. The third kappa shape index (κ3) is 2.57. The largest absolute Gasteiger partial charge is 0.480 e. The van der Waals surface area contributed by atoms with Gasteiger partial charge in [0.25, 0.3) is 0 Å². The number of benzene rings is 1. The first-order chi connectivity index (χ1) is 9.00. The molecule has 0 aliphatic carbocycles. The Balaban J connectivity index is 2.01. The van der Waals surface area contributed by atoms with E-state index >= 15 is 0 Å². The first kappa shape index (κ1) is 13.1. The van der Waals surface area contributed by atoms with Crippen molar-refractivity contribution in [2.75, 3.05) is 0 Å². The predicted molar refractivity (Wildman–Crippen MR) is 66.3 cm³/mol. The molecule has 2 N–H and O–H groups in total. The normalized spacial score (nSPS) is 19.5. The summed E-state index contributed by atoms with van der Waals surface area (Å²) in [4.78, 5) is 34.7. The summed E-state index contributed by atoms with van der Waals surface area (Å²) in [6.45, 7) is 1.77. The average Bonchev–Trinajstić information content (AvgIpc) is 2.36. The lowest BCUT2D eigenvalue weighted by Gasteiger charge is -2.36. The monoisotopic (exact) mass is 262 g/mol. The molecule has 0 spiro atoms. The van der Waals surface area contributed by atoms with E-state index in [2.05, 4.69) is 5.32 Å². The number of nitrogens with one attached hydrogen (secondary N) is 1. The molecule has 0 radical (unpaired) electrons. The van der Waals surface area contributed by atoms with Crippen LogP contribution in [0.25, 0.3) is 0 Å². The molecule has 0 saturated carbocycles. The molecule has 3 amide bonds. The SMILES string of the molecule is C[C@@H](NC(=O)N1C(=O)C[C@H]1C(=O)O)c1ccccc1. The summed E-state index contributed by atoms with van der Waals surface area (Å²) in [5.41, 5.74) is 0.885. The zero-order valence-corrected chi connectivity index (χ0v) is 10.4. The van der Waals surface area contributed by atoms with E-state index < -0.39 is 23.9 Å². The molecular formula is C13H14N2O4. The zero-order valence-electron chi connectivity index (χ0n) is 10.4. The van der Waals surface area contributed by atoms with Crippen molar-refractivity contribution in [3.63, 3.8) is 0 Å². The smallest absolute Gasteiger partial charge is 0.327 e. The minimum atomic E-state index is -1.16. The van der Waals surface area contributed by atoms with Crippen LogP contribution >= 0.6 is 0 Å². The van der Waals surface area contributed by atoms with Crippen molar-refractivity contribution in [2.24, 2.45) is 0 Å². The van der Waals surface area contributed by atoms with Crippen LogP contribution in [0.5, 0.6) is 0 Å². The third-order valence-corrected chi connectivity index (χ3v) is 3.09. The van der Waals surface area contributed by atoms with E-state index in [-0.39, 0.29) is 12.5 Å². The van der Waals surface area contributed by atoms with Gasteiger partial charge in [-0.25, -0.2) is 14.5 Å². The van der Waals surface area contributed by atoms with Crippen LogP contribution in [0.15, 0.2) is 30.3 Å². The molecule has 0 aromatic heterocycles. The van der Waals surface area contributed by atoms with Gasteiger partial charge in [0.1, 0.15) is 6.04 Å². The highest BCUT2D eigenvalue weighted by Crippen LogP contribution is 2.21. The number of carbonyl (C=O) groups excluding carboxylic acids is 2. The fourth-order valence-corrected chi connectivity index (χ4v) is 1.95. The van der Waals surface area contributed by atoms with E-state index in [0.29, 0.717) is 0 Å². The van der Waals surface area contributed by atoms with Gasteiger partial charge in [-0.15, -0.1) is 0 Å². The lowest BCUT2D eigenvalue weighted by atomic mass is 10.0. The van der Waals surface area contributed by atoms with Gasteiger partial charge < -0.3 is 10.4 Å². The second-order valence-electron chi connectivity index (χ2n) is 4.40. The Kier molecular flexibility index (Phi) is 3.50. The topological polar surface area (TPSA) is 86.7 Å². The summed E-state index contributed by atoms with van der Waals surface area (Å²) in [6.07, 6.45) is -0.123. The van der Waals surface area contributed by atoms with E-state index in [1.165, 1.54) is 0 Å². The maximum atomic E-state index is 11.9. The average molecular weight is 262 g/mol. The maximum absolute atomic E-state index is 11.9. The van der Waals surface area contributed by atoms with Gasteiger partial charge in [0.15, 0.2) is 0 Å². The Hall–Kier alpha value is -2.37. The summed E-state index contributed by atoms with van der Waals surface area (Å²) in [5, 5.41) is 11.5. The highest BCUT2D eigenvalue weighted by Gasteiger charge is 2.45. The van der Waals surface area contributed by atoms with E-state index in [1.807, 2.05) is 30.3 Å². The number of carboxylic acids is 1. The van der Waals surface area contributed by atoms with Crippen LogP contribution in [0, 0.1) is 0 Å². The van der Waals surface area contributed by atoms with Crippen LogP contribution in [0.2, 0.25) is 0 Å². The standard InChI is InChI=1S/C13H14N2O4/c1-8(9-5-3-2-4-6-9)14-13(19)15-10(12(17)18)7-11(15)16/h2-6,8,10H,7H2,1H3,(H,14,19)(H,17,18)/t8-,10+/m1/s1. The van der Waals surface area contributed by atoms with Crippen LogP contribution in [-0.4, -0.2) is 34.0 Å². The fourth-order valence-electron chi connectivity index (χ4n) is 1.95. The summed E-state index contributed by atoms with van der Waals surface area (Å²) in [7, 11) is 0. The van der Waals surface area contributed by atoms with Gasteiger partial charge in [-0.1, -0.05) is 30.3 Å². The van der Waals surface area contributed by atoms with Crippen LogP contribution in [0.1, 0.15) is 24.9 Å². The van der Waals surface area contributed by atoms with Crippen molar-refractivity contribution in [3.05, 3.63) is 35.9 Å². The summed E-state index contributed by atoms with van der Waals surface area (Å²) in [5.74, 6) is -1.63. The van der Waals surface area contributed by atoms with Gasteiger partial charge in [-0.05, 0) is 12.5 Å². The lowest BCUT2D eigenvalue weighted by Crippen LogP contribution is -2.61. The highest BCUT2D eigenvalue weighted by molar-refractivity contribution is 6.05. The molecule has 1 fully saturated rings. The Morgan fingerprint density at radius 1 is 1.37 bits per heavy atom. The molecule has 1 aromatic carbocycles. The molecule has 1 aliphatic heterocycles. The van der Waals surface area contributed by atoms with E-state index in [1.54, 1.807) is 6.92 Å². The molecule has 1 saturated heterocycles. The summed E-state index contributed by atoms with van der Waals surface area (Å²) < 4.78 is 0. The minimum Gasteiger partial charge on any atom is -0.480 e. The maximum Gasteiger partial charge on any atom is 0.327 e. The molecule has 100 valence electrons. The molecule has 2 rings (SSSR count). The molecular weight excluding hydrogens is 248 g/mol. The molecule has 1 aliphatic rings. The first-order valence-corrected chi connectivity index (χ1v) is 5.91. The van der Waals surface area contributed by atoms with Gasteiger partial charge in [0, 0.05) is 0 Å². The van der Waals surface area contributed by atoms with E-state index in [0.717, 1.165) is 10.5 Å². The highest BCUT2D eigenvalue weighted by atomic mass is 16.4. The van der Waals surface area contributed by atoms with Crippen molar-refractivity contribution >= 4 is 17.9 Å². The number of amides is 3. The Labute approximate surface area is 110 Å². The van der Waals surface area contributed by atoms with Crippen molar-refractivity contribution in [1.82, 2.24) is 10.2 Å². The number of nitrogens with zero attached hydrogens (tertiary/aromatic N) is 1. The van der Waals surface area contributed by atoms with Crippen molar-refractivity contribution in [2.45, 2.75) is 25.4 Å². The number of likely N-dealkylation sites (tertiary alicyclic amines) is 1. The van der Waals surface area contributed by atoms with Gasteiger partial charge in [-0.2, -0.15) is 0 Å². The number of carbonyl (C=O) groups is 3. The lowest BCUT2D eigenvalue weighted by molar-refractivity contribution is -0.157. The molecule has 2 atom stereocenters. The van der Waals surface area contributed by atoms with Gasteiger partial charge in [0.05, 0.1) is 12.5 Å². The number of hydrogen-bond donors (Lipinski definition) is 2. The van der Waals surface area contributed by atoms with E-state index in [9.17, 15) is 14.4 Å². The van der Waals surface area contributed by atoms with Crippen LogP contribution < -0.4 is 5.32 Å². The second kappa shape index (κ2) is 5.09. The Morgan fingerprint density at radius 3 is 2.53 bits per heavy atom. The number of imide groups is 1. The van der Waals surface area contributed by atoms with Gasteiger partial charge in [0.2, 0.25) is 5.91 Å². The van der Waals surface area contributed by atoms with E-state index in [4.69, 9.17) is 5.11 Å². The zero-order chi connectivity index (χ0) is 14.0. The quantitative estimate of drug-likeness (QED) is 0.800. The van der Waals surface area contributed by atoms with Crippen molar-refractivity contribution < 1.29 is 19.5 Å². The minimum absolute atomic E-state index is 0.123. The van der Waals surface area contributed by atoms with Crippen LogP contribution in [0.4, 0.5) is 4.79 Å². The molecule has 6 nitrogen and oxygen atoms in total. The molecule has 0 unspecified atom stereocenters. The van der Waals surface area contributed by atoms with Gasteiger partial charge in [-0.3, -0.25) is 4.79 Å². The Bertz CT molecular complexity index is 515. The number of β-lactam (4-membered cyclic amide) rings is 1.